The number of nitrogens with zero attached hydrogens (tertiary/aromatic N) is 4. The van der Waals surface area contributed by atoms with E-state index in [1.807, 2.05) is 30.3 Å². The van der Waals surface area contributed by atoms with Crippen molar-refractivity contribution >= 4 is 23.2 Å². The maximum atomic E-state index is 14.6. The number of halogens is 2. The van der Waals surface area contributed by atoms with Crippen LogP contribution in [0, 0.1) is 17.1 Å². The molecule has 234 valence electrons. The van der Waals surface area contributed by atoms with Gasteiger partial charge in [0.25, 0.3) is 0 Å². The van der Waals surface area contributed by atoms with Crippen molar-refractivity contribution in [3.05, 3.63) is 100 Å². The molecule has 8 nitrogen and oxygen atoms in total. The first-order valence-corrected chi connectivity index (χ1v) is 16.1. The van der Waals surface area contributed by atoms with E-state index in [-0.39, 0.29) is 23.2 Å². The van der Waals surface area contributed by atoms with Gasteiger partial charge in [-0.15, -0.1) is 0 Å². The lowest BCUT2D eigenvalue weighted by Crippen LogP contribution is -2.43. The minimum Gasteiger partial charge on any atom is -0.453 e. The summed E-state index contributed by atoms with van der Waals surface area (Å²) < 4.78 is 21.2. The molecule has 46 heavy (non-hydrogen) atoms. The minimum atomic E-state index is -0.349. The molecule has 2 aliphatic carbocycles. The summed E-state index contributed by atoms with van der Waals surface area (Å²) in [5.74, 6) is 1.13. The van der Waals surface area contributed by atoms with Gasteiger partial charge in [0.15, 0.2) is 5.75 Å². The lowest BCUT2D eigenvalue weighted by Gasteiger charge is -2.27. The number of rotatable bonds is 8. The van der Waals surface area contributed by atoms with Crippen LogP contribution < -0.4 is 15.5 Å². The average Bonchev–Trinajstić information content (AvgIpc) is 3.71. The van der Waals surface area contributed by atoms with E-state index in [0.717, 1.165) is 67.5 Å². The Morgan fingerprint density at radius 3 is 2.76 bits per heavy atom. The molecule has 1 saturated heterocycles. The van der Waals surface area contributed by atoms with Crippen LogP contribution in [0.3, 0.4) is 0 Å². The van der Waals surface area contributed by atoms with Gasteiger partial charge in [0.05, 0.1) is 34.2 Å². The van der Waals surface area contributed by atoms with Gasteiger partial charge >= 0.3 is 0 Å². The monoisotopic (exact) mass is 636 g/mol. The fourth-order valence-electron chi connectivity index (χ4n) is 7.01. The van der Waals surface area contributed by atoms with Crippen LogP contribution in [0.4, 0.5) is 10.1 Å². The summed E-state index contributed by atoms with van der Waals surface area (Å²) >= 11 is 6.42. The molecule has 1 aliphatic heterocycles. The lowest BCUT2D eigenvalue weighted by atomic mass is 9.93. The molecule has 1 spiro atoms. The Balaban J connectivity index is 1.08. The normalized spacial score (nSPS) is 21.0. The molecule has 10 heteroatoms. The number of hydrogen-bond acceptors (Lipinski definition) is 7. The van der Waals surface area contributed by atoms with Crippen molar-refractivity contribution in [2.75, 3.05) is 11.9 Å². The summed E-state index contributed by atoms with van der Waals surface area (Å²) in [7, 11) is 0. The number of hydrazine groups is 1. The number of carbonyl (C=O) groups is 1. The highest BCUT2D eigenvalue weighted by atomic mass is 35.5. The van der Waals surface area contributed by atoms with Crippen molar-refractivity contribution < 1.29 is 13.9 Å². The Labute approximate surface area is 272 Å². The van der Waals surface area contributed by atoms with E-state index < -0.39 is 0 Å². The first-order valence-electron chi connectivity index (χ1n) is 15.7. The zero-order valence-electron chi connectivity index (χ0n) is 25.5. The van der Waals surface area contributed by atoms with E-state index in [2.05, 4.69) is 26.8 Å². The van der Waals surface area contributed by atoms with Crippen LogP contribution >= 0.6 is 11.6 Å². The van der Waals surface area contributed by atoms with Crippen LogP contribution in [-0.4, -0.2) is 33.0 Å². The molecule has 7 rings (SSSR count). The van der Waals surface area contributed by atoms with E-state index in [1.54, 1.807) is 24.7 Å². The van der Waals surface area contributed by atoms with Gasteiger partial charge in [-0.25, -0.2) is 24.8 Å². The molecule has 3 aromatic carbocycles. The molecule has 2 unspecified atom stereocenters. The fourth-order valence-corrected chi connectivity index (χ4v) is 7.26. The van der Waals surface area contributed by atoms with E-state index in [4.69, 9.17) is 21.3 Å². The van der Waals surface area contributed by atoms with Crippen LogP contribution in [0.5, 0.6) is 11.5 Å². The molecule has 1 aromatic heterocycles. The first-order chi connectivity index (χ1) is 22.3. The highest BCUT2D eigenvalue weighted by Crippen LogP contribution is 2.49. The molecule has 2 heterocycles. The summed E-state index contributed by atoms with van der Waals surface area (Å²) in [4.78, 5) is 20.4. The molecule has 0 bridgehead atoms. The maximum absolute atomic E-state index is 14.6. The Morgan fingerprint density at radius 1 is 1.11 bits per heavy atom. The smallest absolute Gasteiger partial charge is 0.221 e. The van der Waals surface area contributed by atoms with Crippen LogP contribution in [0.25, 0.3) is 11.1 Å². The number of hydrogen-bond donors (Lipinski definition) is 2. The number of nitriles is 1. The summed E-state index contributed by atoms with van der Waals surface area (Å²) in [6, 6.07) is 18.1. The Kier molecular flexibility index (Phi) is 8.20. The number of anilines is 1. The lowest BCUT2D eigenvalue weighted by molar-refractivity contribution is -0.114. The highest BCUT2D eigenvalue weighted by molar-refractivity contribution is 6.33. The average molecular weight is 637 g/mol. The first kappa shape index (κ1) is 30.3. The van der Waals surface area contributed by atoms with E-state index in [0.29, 0.717) is 45.8 Å². The number of nitrogens with one attached hydrogen (secondary N) is 2. The summed E-state index contributed by atoms with van der Waals surface area (Å²) in [5, 5.41) is 15.0. The third kappa shape index (κ3) is 6.34. The Bertz CT molecular complexity index is 1860. The number of amides is 1. The zero-order valence-corrected chi connectivity index (χ0v) is 26.3. The zero-order chi connectivity index (χ0) is 31.8. The molecule has 0 radical (unpaired) electrons. The van der Waals surface area contributed by atoms with Crippen LogP contribution in [0.1, 0.15) is 79.7 Å². The number of carbonyl (C=O) groups excluding carboxylic acids is 1. The number of benzene rings is 3. The van der Waals surface area contributed by atoms with E-state index in [1.165, 1.54) is 19.1 Å². The van der Waals surface area contributed by atoms with Crippen LogP contribution in [-0.2, 0) is 11.3 Å². The molecule has 1 amide bonds. The van der Waals surface area contributed by atoms with Crippen molar-refractivity contribution in [3.8, 4) is 28.7 Å². The molecule has 3 aliphatic rings. The van der Waals surface area contributed by atoms with Gasteiger partial charge < -0.3 is 10.1 Å². The van der Waals surface area contributed by atoms with Crippen molar-refractivity contribution in [1.82, 2.24) is 20.4 Å². The van der Waals surface area contributed by atoms with Gasteiger partial charge in [0.2, 0.25) is 5.91 Å². The molecular formula is C36H34ClFN6O2. The predicted octanol–water partition coefficient (Wildman–Crippen LogP) is 7.85. The topological polar surface area (TPSA) is 103 Å². The highest BCUT2D eigenvalue weighted by Gasteiger charge is 2.45. The van der Waals surface area contributed by atoms with Crippen molar-refractivity contribution in [3.63, 3.8) is 0 Å². The summed E-state index contributed by atoms with van der Waals surface area (Å²) in [6.45, 7) is 3.06. The summed E-state index contributed by atoms with van der Waals surface area (Å²) in [5.41, 5.74) is 9.46. The van der Waals surface area contributed by atoms with E-state index >= 15 is 0 Å². The summed E-state index contributed by atoms with van der Waals surface area (Å²) in [6.07, 6.45) is 9.22. The third-order valence-electron chi connectivity index (χ3n) is 9.33. The van der Waals surface area contributed by atoms with Crippen LogP contribution in [0.15, 0.2) is 67.1 Å². The number of aromatic nitrogens is 2. The van der Waals surface area contributed by atoms with Gasteiger partial charge in [-0.3, -0.25) is 4.79 Å². The van der Waals surface area contributed by atoms with Crippen LogP contribution in [0.2, 0.25) is 5.02 Å². The second-order valence-electron chi connectivity index (χ2n) is 12.7. The Hall–Kier alpha value is -4.36. The van der Waals surface area contributed by atoms with Gasteiger partial charge in [-0.2, -0.15) is 5.26 Å². The van der Waals surface area contributed by atoms with Crippen molar-refractivity contribution in [2.24, 2.45) is 0 Å². The third-order valence-corrected chi connectivity index (χ3v) is 9.64. The largest absolute Gasteiger partial charge is 0.453 e. The van der Waals surface area contributed by atoms with Gasteiger partial charge in [-0.1, -0.05) is 23.7 Å². The van der Waals surface area contributed by atoms with Crippen molar-refractivity contribution in [1.29, 1.82) is 5.26 Å². The second kappa shape index (κ2) is 12.4. The number of ether oxygens (including phenoxy) is 1. The van der Waals surface area contributed by atoms with E-state index in [9.17, 15) is 14.4 Å². The molecule has 2 saturated carbocycles. The quantitative estimate of drug-likeness (QED) is 0.203. The Morgan fingerprint density at radius 2 is 1.98 bits per heavy atom. The molecule has 2 N–H and O–H groups in total. The molecule has 3 fully saturated rings. The molecule has 4 aromatic rings. The predicted molar refractivity (Wildman–Crippen MR) is 174 cm³/mol. The van der Waals surface area contributed by atoms with Gasteiger partial charge in [0, 0.05) is 37.0 Å². The van der Waals surface area contributed by atoms with Crippen molar-refractivity contribution in [2.45, 2.75) is 69.4 Å². The SMILES string of the molecule is CC(=O)Nc1ccc(CN2CCC3(CCC(c4ncncc4Oc4ccc(F)cc4-c4ccc(C#N)cc4C4CC4)C3)N2)cc1Cl. The standard InChI is InChI=1S/C36H34ClFN6O2/c1-22(45)42-32-8-3-24(15-31(32)37)20-44-13-12-36(43-44)11-10-26(17-36)35-34(19-40-21-41-35)46-33-9-6-27(38)16-30(33)28-7-2-23(18-39)14-29(28)25-4-5-25/h2-3,6-9,14-16,19,21,25-26,43H,4-5,10-13,17,20H2,1H3,(H,42,45). The molecular weight excluding hydrogens is 603 g/mol. The molecule has 2 atom stereocenters. The van der Waals surface area contributed by atoms with Gasteiger partial charge in [0.1, 0.15) is 17.9 Å². The second-order valence-corrected chi connectivity index (χ2v) is 13.1. The maximum Gasteiger partial charge on any atom is 0.221 e. The van der Waals surface area contributed by atoms with Gasteiger partial charge in [-0.05, 0) is 104 Å². The fraction of sp³-hybridized carbons (Fsp3) is 0.333. The minimum absolute atomic E-state index is 0.0461.